The predicted octanol–water partition coefficient (Wildman–Crippen LogP) is 4.45. The second kappa shape index (κ2) is 5.07. The molecule has 0 bridgehead atoms. The van der Waals surface area contributed by atoms with Crippen molar-refractivity contribution in [1.82, 2.24) is 0 Å². The molecule has 0 radical (unpaired) electrons. The van der Waals surface area contributed by atoms with Crippen LogP contribution in [0.5, 0.6) is 0 Å². The fraction of sp³-hybridized carbons (Fsp3) is 0.300. The summed E-state index contributed by atoms with van der Waals surface area (Å²) >= 11 is 0. The van der Waals surface area contributed by atoms with Crippen molar-refractivity contribution < 1.29 is 0 Å². The molecule has 0 atom stereocenters. The number of anilines is 1. The minimum atomic E-state index is 1.15. The van der Waals surface area contributed by atoms with Crippen LogP contribution >= 0.6 is 0 Å². The molecule has 1 heteroatoms. The summed E-state index contributed by atoms with van der Waals surface area (Å²) in [6.07, 6.45) is 5.00. The van der Waals surface area contributed by atoms with E-state index in [4.69, 9.17) is 0 Å². The van der Waals surface area contributed by atoms with Gasteiger partial charge in [-0.05, 0) is 65.6 Å². The number of benzene rings is 2. The van der Waals surface area contributed by atoms with E-state index in [2.05, 4.69) is 53.9 Å². The van der Waals surface area contributed by atoms with Crippen LogP contribution in [0.2, 0.25) is 0 Å². The molecule has 0 amide bonds. The van der Waals surface area contributed by atoms with Gasteiger partial charge < -0.3 is 4.90 Å². The summed E-state index contributed by atoms with van der Waals surface area (Å²) in [6.45, 7) is 6.81. The van der Waals surface area contributed by atoms with E-state index >= 15 is 0 Å². The Morgan fingerprint density at radius 3 is 2.10 bits per heavy atom. The monoisotopic (exact) mass is 275 g/mol. The number of nitrogens with zero attached hydrogens (tertiary/aromatic N) is 1. The van der Waals surface area contributed by atoms with Gasteiger partial charge >= 0.3 is 0 Å². The van der Waals surface area contributed by atoms with Crippen LogP contribution in [0.3, 0.4) is 0 Å². The maximum atomic E-state index is 4.34. The highest BCUT2D eigenvalue weighted by Crippen LogP contribution is 2.38. The van der Waals surface area contributed by atoms with Crippen LogP contribution in [0, 0.1) is 0 Å². The number of rotatable bonds is 2. The van der Waals surface area contributed by atoms with Crippen molar-refractivity contribution in [3.63, 3.8) is 0 Å². The first-order valence-electron chi connectivity index (χ1n) is 7.98. The van der Waals surface area contributed by atoms with E-state index in [0.29, 0.717) is 0 Å². The highest BCUT2D eigenvalue weighted by atomic mass is 15.1. The first-order chi connectivity index (χ1) is 10.3. The molecular formula is C20H21N. The Bertz CT molecular complexity index is 653. The van der Waals surface area contributed by atoms with Gasteiger partial charge in [0.2, 0.25) is 0 Å². The summed E-state index contributed by atoms with van der Waals surface area (Å²) in [5.41, 5.74) is 8.29. The van der Waals surface area contributed by atoms with E-state index in [1.807, 2.05) is 0 Å². The van der Waals surface area contributed by atoms with Gasteiger partial charge in [0.25, 0.3) is 0 Å². The van der Waals surface area contributed by atoms with E-state index in [0.717, 1.165) is 5.57 Å². The van der Waals surface area contributed by atoms with Crippen LogP contribution in [0.25, 0.3) is 5.57 Å². The van der Waals surface area contributed by atoms with Crippen molar-refractivity contribution >= 4 is 11.3 Å². The molecular weight excluding hydrogens is 254 g/mol. The highest BCUT2D eigenvalue weighted by Gasteiger charge is 2.24. The highest BCUT2D eigenvalue weighted by molar-refractivity contribution is 5.81. The third kappa shape index (κ3) is 2.17. The maximum Gasteiger partial charge on any atom is 0.0431 e. The maximum absolute atomic E-state index is 4.34. The summed E-state index contributed by atoms with van der Waals surface area (Å²) in [5.74, 6) is 0. The van der Waals surface area contributed by atoms with Gasteiger partial charge in [0.15, 0.2) is 0 Å². The Balaban J connectivity index is 1.80. The molecule has 0 aromatic heterocycles. The molecule has 4 rings (SSSR count). The van der Waals surface area contributed by atoms with Gasteiger partial charge in [0, 0.05) is 18.8 Å². The molecule has 21 heavy (non-hydrogen) atoms. The van der Waals surface area contributed by atoms with Crippen LogP contribution in [0.15, 0.2) is 49.0 Å². The average Bonchev–Trinajstić information content (AvgIpc) is 2.55. The van der Waals surface area contributed by atoms with E-state index in [1.54, 1.807) is 0 Å². The zero-order valence-corrected chi connectivity index (χ0v) is 12.4. The summed E-state index contributed by atoms with van der Waals surface area (Å²) in [6, 6.07) is 15.3. The Morgan fingerprint density at radius 1 is 0.857 bits per heavy atom. The summed E-state index contributed by atoms with van der Waals surface area (Å²) < 4.78 is 0. The van der Waals surface area contributed by atoms with Crippen LogP contribution in [-0.4, -0.2) is 13.1 Å². The third-order valence-corrected chi connectivity index (χ3v) is 4.80. The topological polar surface area (TPSA) is 3.24 Å². The van der Waals surface area contributed by atoms with Gasteiger partial charge in [0.1, 0.15) is 0 Å². The van der Waals surface area contributed by atoms with E-state index in [1.165, 1.54) is 66.7 Å². The molecule has 0 aliphatic carbocycles. The van der Waals surface area contributed by atoms with Crippen molar-refractivity contribution in [3.05, 3.63) is 71.3 Å². The normalized spacial score (nSPS) is 16.5. The number of aryl methyl sites for hydroxylation is 2. The quantitative estimate of drug-likeness (QED) is 0.783. The zero-order valence-electron chi connectivity index (χ0n) is 12.4. The Kier molecular flexibility index (Phi) is 3.07. The molecule has 1 nitrogen and oxygen atoms in total. The molecule has 0 saturated carbocycles. The molecule has 2 aromatic carbocycles. The molecule has 0 saturated heterocycles. The molecule has 2 heterocycles. The lowest BCUT2D eigenvalue weighted by Crippen LogP contribution is -2.34. The van der Waals surface area contributed by atoms with Crippen molar-refractivity contribution in [2.75, 3.05) is 18.0 Å². The molecule has 2 aliphatic rings. The van der Waals surface area contributed by atoms with Crippen LogP contribution < -0.4 is 4.90 Å². The second-order valence-corrected chi connectivity index (χ2v) is 6.18. The zero-order chi connectivity index (χ0) is 14.2. The first-order valence-corrected chi connectivity index (χ1v) is 7.98. The molecule has 106 valence electrons. The fourth-order valence-corrected chi connectivity index (χ4v) is 3.78. The predicted molar refractivity (Wildman–Crippen MR) is 89.9 cm³/mol. The minimum absolute atomic E-state index is 1.15. The largest absolute Gasteiger partial charge is 0.371 e. The summed E-state index contributed by atoms with van der Waals surface area (Å²) in [5, 5.41) is 0. The molecule has 0 fully saturated rings. The van der Waals surface area contributed by atoms with E-state index < -0.39 is 0 Å². The first kappa shape index (κ1) is 12.7. The van der Waals surface area contributed by atoms with Crippen LogP contribution in [0.1, 0.15) is 35.1 Å². The molecule has 0 N–H and O–H groups in total. The van der Waals surface area contributed by atoms with Crippen molar-refractivity contribution in [3.8, 4) is 0 Å². The summed E-state index contributed by atoms with van der Waals surface area (Å²) in [4.78, 5) is 2.59. The van der Waals surface area contributed by atoms with Crippen LogP contribution in [-0.2, 0) is 12.8 Å². The number of hydrogen-bond acceptors (Lipinski definition) is 1. The SMILES string of the molecule is C=C(c1ccccc1)c1cc2c3c(c1)CCCN3CCC2. The molecule has 0 spiro atoms. The van der Waals surface area contributed by atoms with Gasteiger partial charge in [-0.1, -0.05) is 36.9 Å². The summed E-state index contributed by atoms with van der Waals surface area (Å²) in [7, 11) is 0. The van der Waals surface area contributed by atoms with Crippen molar-refractivity contribution in [2.45, 2.75) is 25.7 Å². The van der Waals surface area contributed by atoms with Crippen LogP contribution in [0.4, 0.5) is 5.69 Å². The van der Waals surface area contributed by atoms with E-state index in [9.17, 15) is 0 Å². The second-order valence-electron chi connectivity index (χ2n) is 6.18. The lowest BCUT2D eigenvalue weighted by atomic mass is 9.87. The fourth-order valence-electron chi connectivity index (χ4n) is 3.78. The smallest absolute Gasteiger partial charge is 0.0431 e. The Morgan fingerprint density at radius 2 is 1.48 bits per heavy atom. The standard InChI is InChI=1S/C20H21N/c1-15(16-7-3-2-4-8-16)19-13-17-9-5-11-21-12-6-10-18(14-19)20(17)21/h2-4,7-8,13-14H,1,5-6,9-12H2. The lowest BCUT2D eigenvalue weighted by Gasteiger charge is -2.37. The van der Waals surface area contributed by atoms with Crippen molar-refractivity contribution in [1.29, 1.82) is 0 Å². The molecule has 2 aliphatic heterocycles. The Labute approximate surface area is 126 Å². The van der Waals surface area contributed by atoms with Crippen molar-refractivity contribution in [2.24, 2.45) is 0 Å². The van der Waals surface area contributed by atoms with Gasteiger partial charge in [-0.3, -0.25) is 0 Å². The minimum Gasteiger partial charge on any atom is -0.371 e. The molecule has 0 unspecified atom stereocenters. The third-order valence-electron chi connectivity index (χ3n) is 4.80. The van der Waals surface area contributed by atoms with Gasteiger partial charge in [-0.15, -0.1) is 0 Å². The van der Waals surface area contributed by atoms with E-state index in [-0.39, 0.29) is 0 Å². The number of hydrogen-bond donors (Lipinski definition) is 0. The van der Waals surface area contributed by atoms with Gasteiger partial charge in [-0.2, -0.15) is 0 Å². The lowest BCUT2D eigenvalue weighted by molar-refractivity contribution is 0.634. The molecule has 2 aromatic rings. The average molecular weight is 275 g/mol. The Hall–Kier alpha value is -2.02. The van der Waals surface area contributed by atoms with Gasteiger partial charge in [0.05, 0.1) is 0 Å². The van der Waals surface area contributed by atoms with Gasteiger partial charge in [-0.25, -0.2) is 0 Å².